The number of aldehydes is 1. The maximum atomic E-state index is 10.7. The summed E-state index contributed by atoms with van der Waals surface area (Å²) in [6.07, 6.45) is 5.90. The predicted molar refractivity (Wildman–Crippen MR) is 52.2 cm³/mol. The molecule has 1 aromatic carbocycles. The summed E-state index contributed by atoms with van der Waals surface area (Å²) < 4.78 is 0. The Kier molecular flexibility index (Phi) is 1.92. The second-order valence-corrected chi connectivity index (χ2v) is 2.67. The highest BCUT2D eigenvalue weighted by atomic mass is 16.1. The van der Waals surface area contributed by atoms with Crippen molar-refractivity contribution in [2.75, 3.05) is 5.32 Å². The SMILES string of the molecule is O=Cc1cccc2c1NC=CN=C2. The van der Waals surface area contributed by atoms with Gasteiger partial charge in [-0.3, -0.25) is 9.79 Å². The fourth-order valence-electron chi connectivity index (χ4n) is 1.25. The minimum Gasteiger partial charge on any atom is -0.359 e. The molecule has 0 spiro atoms. The van der Waals surface area contributed by atoms with Gasteiger partial charge < -0.3 is 5.32 Å². The Balaban J connectivity index is 2.61. The number of aliphatic imine (C=N–C) groups is 1. The minimum atomic E-state index is 0.649. The van der Waals surface area contributed by atoms with E-state index in [2.05, 4.69) is 10.3 Å². The van der Waals surface area contributed by atoms with E-state index in [1.54, 1.807) is 24.7 Å². The lowest BCUT2D eigenvalue weighted by atomic mass is 10.1. The molecular weight excluding hydrogens is 164 g/mol. The van der Waals surface area contributed by atoms with Gasteiger partial charge in [0.15, 0.2) is 6.29 Å². The molecule has 1 heterocycles. The fourth-order valence-corrected chi connectivity index (χ4v) is 1.25. The molecule has 3 heteroatoms. The van der Waals surface area contributed by atoms with Gasteiger partial charge in [0.1, 0.15) is 0 Å². The van der Waals surface area contributed by atoms with Crippen LogP contribution in [0.2, 0.25) is 0 Å². The predicted octanol–water partition coefficient (Wildman–Crippen LogP) is 1.81. The van der Waals surface area contributed by atoms with E-state index < -0.39 is 0 Å². The topological polar surface area (TPSA) is 41.5 Å². The summed E-state index contributed by atoms with van der Waals surface area (Å²) in [6, 6.07) is 5.51. The van der Waals surface area contributed by atoms with Crippen LogP contribution in [0.3, 0.4) is 0 Å². The molecule has 1 aliphatic heterocycles. The van der Waals surface area contributed by atoms with Gasteiger partial charge in [0.05, 0.1) is 5.69 Å². The van der Waals surface area contributed by atoms with Crippen molar-refractivity contribution in [2.45, 2.75) is 0 Å². The number of rotatable bonds is 1. The molecule has 0 saturated heterocycles. The van der Waals surface area contributed by atoms with E-state index in [0.717, 1.165) is 17.5 Å². The van der Waals surface area contributed by atoms with Crippen LogP contribution in [0.4, 0.5) is 5.69 Å². The zero-order valence-corrected chi connectivity index (χ0v) is 6.90. The number of hydrogen-bond acceptors (Lipinski definition) is 3. The summed E-state index contributed by atoms with van der Waals surface area (Å²) in [4.78, 5) is 14.7. The van der Waals surface area contributed by atoms with E-state index in [1.807, 2.05) is 12.1 Å². The van der Waals surface area contributed by atoms with Crippen molar-refractivity contribution in [3.05, 3.63) is 41.7 Å². The highest BCUT2D eigenvalue weighted by Crippen LogP contribution is 2.19. The van der Waals surface area contributed by atoms with Crippen molar-refractivity contribution in [1.82, 2.24) is 0 Å². The Hall–Kier alpha value is -1.90. The van der Waals surface area contributed by atoms with Crippen LogP contribution in [0.5, 0.6) is 0 Å². The third kappa shape index (κ3) is 1.36. The molecular formula is C10H8N2O. The van der Waals surface area contributed by atoms with E-state index in [1.165, 1.54) is 0 Å². The van der Waals surface area contributed by atoms with E-state index in [0.29, 0.717) is 5.56 Å². The van der Waals surface area contributed by atoms with Gasteiger partial charge in [0.2, 0.25) is 0 Å². The lowest BCUT2D eigenvalue weighted by Crippen LogP contribution is -1.96. The van der Waals surface area contributed by atoms with Crippen LogP contribution < -0.4 is 5.32 Å². The normalized spacial score (nSPS) is 12.9. The molecule has 0 fully saturated rings. The van der Waals surface area contributed by atoms with Crippen LogP contribution in [0.25, 0.3) is 0 Å². The van der Waals surface area contributed by atoms with Gasteiger partial charge in [0, 0.05) is 29.7 Å². The lowest BCUT2D eigenvalue weighted by molar-refractivity contribution is 0.112. The molecule has 0 atom stereocenters. The first-order chi connectivity index (χ1) is 6.42. The third-order valence-corrected chi connectivity index (χ3v) is 1.86. The molecule has 0 aromatic heterocycles. The maximum absolute atomic E-state index is 10.7. The third-order valence-electron chi connectivity index (χ3n) is 1.86. The molecule has 0 aliphatic carbocycles. The van der Waals surface area contributed by atoms with Crippen molar-refractivity contribution in [1.29, 1.82) is 0 Å². The largest absolute Gasteiger partial charge is 0.359 e. The summed E-state index contributed by atoms with van der Waals surface area (Å²) in [5, 5.41) is 3.01. The number of anilines is 1. The summed E-state index contributed by atoms with van der Waals surface area (Å²) in [7, 11) is 0. The number of benzene rings is 1. The number of fused-ring (bicyclic) bond motifs is 1. The van der Waals surface area contributed by atoms with Crippen LogP contribution in [-0.4, -0.2) is 12.5 Å². The second kappa shape index (κ2) is 3.23. The molecule has 0 saturated carbocycles. The maximum Gasteiger partial charge on any atom is 0.152 e. The Morgan fingerprint density at radius 3 is 3.15 bits per heavy atom. The van der Waals surface area contributed by atoms with Gasteiger partial charge in [0.25, 0.3) is 0 Å². The van der Waals surface area contributed by atoms with Gasteiger partial charge >= 0.3 is 0 Å². The first kappa shape index (κ1) is 7.73. The molecule has 13 heavy (non-hydrogen) atoms. The standard InChI is InChI=1S/C10H8N2O/c13-7-9-3-1-2-8-6-11-4-5-12-10(8)9/h1-7,12H. The first-order valence-electron chi connectivity index (χ1n) is 3.95. The number of carbonyl (C=O) groups excluding carboxylic acids is 1. The average molecular weight is 172 g/mol. The summed E-state index contributed by atoms with van der Waals surface area (Å²) in [5.74, 6) is 0. The van der Waals surface area contributed by atoms with Crippen LogP contribution in [-0.2, 0) is 0 Å². The van der Waals surface area contributed by atoms with E-state index in [9.17, 15) is 4.79 Å². The first-order valence-corrected chi connectivity index (χ1v) is 3.95. The van der Waals surface area contributed by atoms with E-state index in [4.69, 9.17) is 0 Å². The fraction of sp³-hybridized carbons (Fsp3) is 0. The van der Waals surface area contributed by atoms with Crippen LogP contribution in [0, 0.1) is 0 Å². The monoisotopic (exact) mass is 172 g/mol. The molecule has 3 nitrogen and oxygen atoms in total. The molecule has 0 amide bonds. The summed E-state index contributed by atoms with van der Waals surface area (Å²) in [6.45, 7) is 0. The number of carbonyl (C=O) groups is 1. The van der Waals surface area contributed by atoms with Gasteiger partial charge in [-0.2, -0.15) is 0 Å². The summed E-state index contributed by atoms with van der Waals surface area (Å²) in [5.41, 5.74) is 2.39. The van der Waals surface area contributed by atoms with Crippen LogP contribution in [0.15, 0.2) is 35.6 Å². The zero-order valence-electron chi connectivity index (χ0n) is 6.90. The van der Waals surface area contributed by atoms with E-state index >= 15 is 0 Å². The van der Waals surface area contributed by atoms with Crippen molar-refractivity contribution in [2.24, 2.45) is 4.99 Å². The zero-order chi connectivity index (χ0) is 9.10. The molecule has 2 rings (SSSR count). The molecule has 0 bridgehead atoms. The van der Waals surface area contributed by atoms with Crippen molar-refractivity contribution in [3.8, 4) is 0 Å². The lowest BCUT2D eigenvalue weighted by Gasteiger charge is -2.05. The molecule has 0 unspecified atom stereocenters. The van der Waals surface area contributed by atoms with E-state index in [-0.39, 0.29) is 0 Å². The van der Waals surface area contributed by atoms with Crippen LogP contribution >= 0.6 is 0 Å². The minimum absolute atomic E-state index is 0.649. The van der Waals surface area contributed by atoms with Crippen LogP contribution in [0.1, 0.15) is 15.9 Å². The van der Waals surface area contributed by atoms with Crippen molar-refractivity contribution in [3.63, 3.8) is 0 Å². The second-order valence-electron chi connectivity index (χ2n) is 2.67. The number of para-hydroxylation sites is 1. The van der Waals surface area contributed by atoms with Crippen molar-refractivity contribution >= 4 is 18.2 Å². The molecule has 1 aliphatic rings. The van der Waals surface area contributed by atoms with Gasteiger partial charge in [-0.15, -0.1) is 0 Å². The Labute approximate surface area is 75.8 Å². The summed E-state index contributed by atoms with van der Waals surface area (Å²) >= 11 is 0. The quantitative estimate of drug-likeness (QED) is 0.656. The molecule has 0 radical (unpaired) electrons. The highest BCUT2D eigenvalue weighted by molar-refractivity contribution is 5.96. The Morgan fingerprint density at radius 2 is 2.31 bits per heavy atom. The van der Waals surface area contributed by atoms with Crippen molar-refractivity contribution < 1.29 is 4.79 Å². The van der Waals surface area contributed by atoms with Gasteiger partial charge in [-0.25, -0.2) is 0 Å². The molecule has 1 aromatic rings. The number of nitrogens with zero attached hydrogens (tertiary/aromatic N) is 1. The number of hydrogen-bond donors (Lipinski definition) is 1. The Morgan fingerprint density at radius 1 is 1.38 bits per heavy atom. The van der Waals surface area contributed by atoms with Gasteiger partial charge in [-0.1, -0.05) is 12.1 Å². The Bertz CT molecular complexity index is 394. The average Bonchev–Trinajstić information content (AvgIpc) is 2.41. The van der Waals surface area contributed by atoms with Gasteiger partial charge in [-0.05, 0) is 6.07 Å². The molecule has 64 valence electrons. The number of nitrogens with one attached hydrogen (secondary N) is 1. The smallest absolute Gasteiger partial charge is 0.152 e. The highest BCUT2D eigenvalue weighted by Gasteiger charge is 2.05. The molecule has 1 N–H and O–H groups in total.